The van der Waals surface area contributed by atoms with E-state index >= 15 is 0 Å². The van der Waals surface area contributed by atoms with Crippen molar-refractivity contribution >= 4 is 118 Å². The second-order valence-corrected chi connectivity index (χ2v) is 15.0. The third-order valence-electron chi connectivity index (χ3n) is 10.2. The van der Waals surface area contributed by atoms with E-state index in [0.717, 1.165) is 38.6 Å². The molecule has 0 saturated carbocycles. The third-order valence-corrected chi connectivity index (χ3v) is 12.6. The molecule has 0 amide bonds. The van der Waals surface area contributed by atoms with E-state index in [4.69, 9.17) is 14.4 Å². The van der Waals surface area contributed by atoms with Crippen molar-refractivity contribution in [2.75, 3.05) is 0 Å². The van der Waals surface area contributed by atoms with Gasteiger partial charge in [0.1, 0.15) is 5.58 Å². The van der Waals surface area contributed by atoms with E-state index in [0.29, 0.717) is 11.7 Å². The predicted octanol–water partition coefficient (Wildman–Crippen LogP) is 13.0. The Kier molecular flexibility index (Phi) is 5.23. The van der Waals surface area contributed by atoms with Gasteiger partial charge in [-0.15, -0.1) is 22.7 Å². The largest absolute Gasteiger partial charge is 0.437 e. The highest BCUT2D eigenvalue weighted by Gasteiger charge is 2.25. The Morgan fingerprint density at radius 2 is 1.08 bits per heavy atom. The highest BCUT2D eigenvalue weighted by molar-refractivity contribution is 7.27. The Balaban J connectivity index is 1.30. The summed E-state index contributed by atoms with van der Waals surface area (Å²) in [6, 6.07) is 49.7. The number of fused-ring (bicyclic) bond motifs is 16. The van der Waals surface area contributed by atoms with E-state index in [1.807, 2.05) is 34.8 Å². The van der Waals surface area contributed by atoms with Crippen LogP contribution in [0.2, 0.25) is 0 Å². The molecule has 0 atom stereocenters. The Bertz CT molecular complexity index is 3400. The lowest BCUT2D eigenvalue weighted by Gasteiger charge is -2.11. The molecule has 0 N–H and O–H groups in total. The number of aromatic nitrogens is 3. The van der Waals surface area contributed by atoms with Crippen molar-refractivity contribution in [3.63, 3.8) is 0 Å². The van der Waals surface area contributed by atoms with Crippen molar-refractivity contribution in [1.29, 1.82) is 0 Å². The number of benzene rings is 7. The summed E-state index contributed by atoms with van der Waals surface area (Å²) in [6.45, 7) is 0. The number of furan rings is 1. The first-order valence-corrected chi connectivity index (χ1v) is 18.3. The Morgan fingerprint density at radius 3 is 1.92 bits per heavy atom. The van der Waals surface area contributed by atoms with Gasteiger partial charge in [-0.25, -0.2) is 4.98 Å². The van der Waals surface area contributed by atoms with Crippen LogP contribution in [0.25, 0.3) is 112 Å². The van der Waals surface area contributed by atoms with Gasteiger partial charge < -0.3 is 4.42 Å². The number of para-hydroxylation sites is 2. The molecule has 4 nitrogen and oxygen atoms in total. The van der Waals surface area contributed by atoms with Gasteiger partial charge in [-0.1, -0.05) is 115 Å². The van der Waals surface area contributed by atoms with Gasteiger partial charge in [0.05, 0.1) is 26.8 Å². The van der Waals surface area contributed by atoms with Crippen LogP contribution in [-0.4, -0.2) is 14.5 Å². The summed E-state index contributed by atoms with van der Waals surface area (Å²) in [4.78, 5) is 10.9. The maximum absolute atomic E-state index is 6.60. The average molecular weight is 674 g/mol. The van der Waals surface area contributed by atoms with Crippen LogP contribution in [0.3, 0.4) is 0 Å². The van der Waals surface area contributed by atoms with E-state index in [2.05, 4.69) is 132 Å². The molecule has 5 aromatic heterocycles. The monoisotopic (exact) mass is 673 g/mol. The van der Waals surface area contributed by atoms with Gasteiger partial charge in [-0.2, -0.15) is 4.98 Å². The van der Waals surface area contributed by atoms with Gasteiger partial charge in [0.25, 0.3) is 0 Å². The van der Waals surface area contributed by atoms with E-state index < -0.39 is 0 Å². The zero-order chi connectivity index (χ0) is 32.5. The summed E-state index contributed by atoms with van der Waals surface area (Å²) >= 11 is 3.66. The number of nitrogens with zero attached hydrogens (tertiary/aromatic N) is 3. The van der Waals surface area contributed by atoms with Gasteiger partial charge in [-0.3, -0.25) is 4.57 Å². The van der Waals surface area contributed by atoms with E-state index in [1.54, 1.807) is 0 Å². The van der Waals surface area contributed by atoms with Crippen molar-refractivity contribution < 1.29 is 4.42 Å². The second kappa shape index (κ2) is 9.76. The fourth-order valence-corrected chi connectivity index (χ4v) is 10.7. The smallest absolute Gasteiger partial charge is 0.238 e. The zero-order valence-corrected chi connectivity index (χ0v) is 28.0. The molecule has 12 rings (SSSR count). The molecule has 6 heteroatoms. The standard InChI is InChI=1S/C44H23N3OS2/c1-2-14-26-25(13-1)36-28-15-3-7-20-32(28)47(40(36)42-37(26)30-17-6-10-23-35(30)50-42)44-45-39(38-29-16-4-8-21-33(29)48-43(38)46-44)31-19-11-18-27-24-12-5-9-22-34(24)49-41(27)31/h1-23H. The molecule has 12 aromatic rings. The van der Waals surface area contributed by atoms with Crippen LogP contribution >= 0.6 is 22.7 Å². The molecule has 0 radical (unpaired) electrons. The van der Waals surface area contributed by atoms with Crippen LogP contribution in [0.1, 0.15) is 0 Å². The highest BCUT2D eigenvalue weighted by Crippen LogP contribution is 2.48. The lowest BCUT2D eigenvalue weighted by atomic mass is 9.99. The first-order valence-electron chi connectivity index (χ1n) is 16.7. The van der Waals surface area contributed by atoms with Crippen LogP contribution in [0.4, 0.5) is 0 Å². The molecule has 5 heterocycles. The second-order valence-electron chi connectivity index (χ2n) is 12.9. The fraction of sp³-hybridized carbons (Fsp3) is 0. The molecule has 0 fully saturated rings. The molecule has 0 saturated heterocycles. The first kappa shape index (κ1) is 26.8. The van der Waals surface area contributed by atoms with Crippen molar-refractivity contribution in [2.45, 2.75) is 0 Å². The third kappa shape index (κ3) is 3.44. The van der Waals surface area contributed by atoms with Gasteiger partial charge in [0.2, 0.25) is 11.7 Å². The van der Waals surface area contributed by atoms with E-state index in [9.17, 15) is 0 Å². The Hall–Kier alpha value is -6.08. The van der Waals surface area contributed by atoms with Crippen molar-refractivity contribution in [1.82, 2.24) is 14.5 Å². The molecular formula is C44H23N3OS2. The molecule has 0 aliphatic rings. The van der Waals surface area contributed by atoms with Gasteiger partial charge in [-0.05, 0) is 35.0 Å². The van der Waals surface area contributed by atoms with Crippen LogP contribution in [0.5, 0.6) is 0 Å². The van der Waals surface area contributed by atoms with Crippen LogP contribution in [0.15, 0.2) is 144 Å². The zero-order valence-electron chi connectivity index (χ0n) is 26.3. The van der Waals surface area contributed by atoms with Crippen LogP contribution in [0, 0.1) is 0 Å². The van der Waals surface area contributed by atoms with Gasteiger partial charge in [0.15, 0.2) is 0 Å². The highest BCUT2D eigenvalue weighted by atomic mass is 32.1. The summed E-state index contributed by atoms with van der Waals surface area (Å²) in [6.07, 6.45) is 0. The summed E-state index contributed by atoms with van der Waals surface area (Å²) in [5, 5.41) is 11.9. The summed E-state index contributed by atoms with van der Waals surface area (Å²) < 4.78 is 13.9. The summed E-state index contributed by atoms with van der Waals surface area (Å²) in [5.41, 5.74) is 5.55. The Morgan fingerprint density at radius 1 is 0.460 bits per heavy atom. The predicted molar refractivity (Wildman–Crippen MR) is 212 cm³/mol. The molecule has 0 aliphatic carbocycles. The number of hydrogen-bond donors (Lipinski definition) is 0. The quantitative estimate of drug-likeness (QED) is 0.183. The SMILES string of the molecule is c1ccc2c(c1)oc1nc(-n3c4ccccc4c4c5ccccc5c5c6ccccc6sc5c43)nc(-c3cccc4c3sc3ccccc34)c12. The lowest BCUT2D eigenvalue weighted by molar-refractivity contribution is 0.651. The summed E-state index contributed by atoms with van der Waals surface area (Å²) in [5.74, 6) is 0.602. The van der Waals surface area contributed by atoms with Crippen LogP contribution < -0.4 is 0 Å². The molecular weight excluding hydrogens is 651 g/mol. The van der Waals surface area contributed by atoms with Gasteiger partial charge in [0, 0.05) is 57.4 Å². The van der Waals surface area contributed by atoms with Crippen LogP contribution in [-0.2, 0) is 0 Å². The van der Waals surface area contributed by atoms with E-state index in [1.165, 1.54) is 61.9 Å². The van der Waals surface area contributed by atoms with Crippen molar-refractivity contribution in [2.24, 2.45) is 0 Å². The molecule has 232 valence electrons. The van der Waals surface area contributed by atoms with Gasteiger partial charge >= 0.3 is 0 Å². The molecule has 0 spiro atoms. The summed E-state index contributed by atoms with van der Waals surface area (Å²) in [7, 11) is 0. The number of thiophene rings is 2. The molecule has 0 aliphatic heterocycles. The average Bonchev–Trinajstić information content (AvgIpc) is 3.93. The Labute approximate surface area is 292 Å². The molecule has 0 unspecified atom stereocenters. The topological polar surface area (TPSA) is 43.9 Å². The minimum atomic E-state index is 0.587. The number of hydrogen-bond acceptors (Lipinski definition) is 5. The molecule has 0 bridgehead atoms. The number of rotatable bonds is 2. The van der Waals surface area contributed by atoms with Crippen molar-refractivity contribution in [3.8, 4) is 17.2 Å². The van der Waals surface area contributed by atoms with E-state index in [-0.39, 0.29) is 0 Å². The minimum absolute atomic E-state index is 0.587. The first-order chi connectivity index (χ1) is 24.8. The molecule has 50 heavy (non-hydrogen) atoms. The minimum Gasteiger partial charge on any atom is -0.437 e. The maximum Gasteiger partial charge on any atom is 0.238 e. The normalized spacial score (nSPS) is 12.4. The molecule has 7 aromatic carbocycles. The fourth-order valence-electron chi connectivity index (χ4n) is 8.17. The maximum atomic E-state index is 6.60. The lowest BCUT2D eigenvalue weighted by Crippen LogP contribution is -2.03. The van der Waals surface area contributed by atoms with Crippen molar-refractivity contribution in [3.05, 3.63) is 140 Å².